The first kappa shape index (κ1) is 17.1. The van der Waals surface area contributed by atoms with Crippen molar-refractivity contribution in [1.29, 1.82) is 0 Å². The number of rotatable bonds is 3. The first-order chi connectivity index (χ1) is 7.11. The van der Waals surface area contributed by atoms with Gasteiger partial charge in [-0.3, -0.25) is 0 Å². The Hall–Kier alpha value is -1.31. The summed E-state index contributed by atoms with van der Waals surface area (Å²) in [6, 6.07) is 4.76. The monoisotopic (exact) mass is 216 g/mol. The number of amides is 1. The molecule has 1 aromatic heterocycles. The summed E-state index contributed by atoms with van der Waals surface area (Å²) in [4.78, 5) is 24.7. The molecule has 1 aromatic rings. The van der Waals surface area contributed by atoms with Crippen molar-refractivity contribution in [2.24, 2.45) is 0 Å². The Labute approximate surface area is 107 Å². The van der Waals surface area contributed by atoms with E-state index >= 15 is 0 Å². The minimum atomic E-state index is -0.990. The molecule has 1 N–H and O–H groups in total. The summed E-state index contributed by atoms with van der Waals surface area (Å²) in [5.41, 5.74) is 0.0810. The molecule has 1 heterocycles. The number of hydrogen-bond acceptors (Lipinski definition) is 3. The number of carboxylic acids is 1. The maximum atomic E-state index is 10.1. The molecule has 0 saturated heterocycles. The summed E-state index contributed by atoms with van der Waals surface area (Å²) >= 11 is 0. The molecule has 5 nitrogen and oxygen atoms in total. The Kier molecular flexibility index (Phi) is 10.9. The van der Waals surface area contributed by atoms with Gasteiger partial charge in [-0.2, -0.15) is 6.41 Å². The fourth-order valence-corrected chi connectivity index (χ4v) is 0.554. The smallest absolute Gasteiger partial charge is 0.520 e. The SMILES string of the molecule is CCN(C)[C-]=O.O=C(O)c1ccccn1.[Li+]. The van der Waals surface area contributed by atoms with E-state index in [0.29, 0.717) is 0 Å². The Morgan fingerprint density at radius 2 is 2.19 bits per heavy atom. The van der Waals surface area contributed by atoms with Gasteiger partial charge in [-0.05, 0) is 25.7 Å². The van der Waals surface area contributed by atoms with Gasteiger partial charge in [-0.1, -0.05) is 13.0 Å². The summed E-state index contributed by atoms with van der Waals surface area (Å²) in [7, 11) is 1.69. The van der Waals surface area contributed by atoms with E-state index in [1.807, 2.05) is 6.92 Å². The molecule has 0 aliphatic rings. The third kappa shape index (κ3) is 8.03. The van der Waals surface area contributed by atoms with E-state index in [1.165, 1.54) is 17.2 Å². The molecule has 0 radical (unpaired) electrons. The topological polar surface area (TPSA) is 70.5 Å². The van der Waals surface area contributed by atoms with Crippen LogP contribution in [0.2, 0.25) is 0 Å². The van der Waals surface area contributed by atoms with Crippen molar-refractivity contribution in [1.82, 2.24) is 9.88 Å². The second-order valence-electron chi connectivity index (χ2n) is 2.63. The Morgan fingerprint density at radius 3 is 2.38 bits per heavy atom. The number of carbonyl (C=O) groups is 1. The molecule has 16 heavy (non-hydrogen) atoms. The van der Waals surface area contributed by atoms with Crippen LogP contribution in [0.25, 0.3) is 0 Å². The van der Waals surface area contributed by atoms with Crippen molar-refractivity contribution in [3.8, 4) is 0 Å². The molecule has 6 heteroatoms. The Morgan fingerprint density at radius 1 is 1.56 bits per heavy atom. The van der Waals surface area contributed by atoms with Crippen LogP contribution in [0.1, 0.15) is 17.4 Å². The second kappa shape index (κ2) is 10.2. The van der Waals surface area contributed by atoms with Crippen LogP contribution in [0.4, 0.5) is 0 Å². The molecular formula is C10H13LiN2O3. The summed E-state index contributed by atoms with van der Waals surface area (Å²) in [6.07, 6.45) is 3.15. The maximum absolute atomic E-state index is 10.1. The van der Waals surface area contributed by atoms with E-state index in [9.17, 15) is 9.59 Å². The number of pyridine rings is 1. The van der Waals surface area contributed by atoms with Crippen LogP contribution in [-0.2, 0) is 4.79 Å². The molecule has 0 unspecified atom stereocenters. The van der Waals surface area contributed by atoms with Crippen molar-refractivity contribution in [2.45, 2.75) is 6.92 Å². The van der Waals surface area contributed by atoms with Crippen LogP contribution in [0.3, 0.4) is 0 Å². The van der Waals surface area contributed by atoms with Gasteiger partial charge in [0.25, 0.3) is 0 Å². The molecule has 0 atom stereocenters. The van der Waals surface area contributed by atoms with Gasteiger partial charge in [-0.15, -0.1) is 0 Å². The third-order valence-electron chi connectivity index (χ3n) is 1.51. The quantitative estimate of drug-likeness (QED) is 0.353. The van der Waals surface area contributed by atoms with Gasteiger partial charge in [0.15, 0.2) is 0 Å². The zero-order valence-corrected chi connectivity index (χ0v) is 9.67. The molecule has 82 valence electrons. The van der Waals surface area contributed by atoms with Crippen molar-refractivity contribution in [3.63, 3.8) is 0 Å². The minimum absolute atomic E-state index is 0. The van der Waals surface area contributed by atoms with E-state index in [1.54, 1.807) is 25.6 Å². The Balaban J connectivity index is 0. The molecule has 0 aliphatic carbocycles. The fourth-order valence-electron chi connectivity index (χ4n) is 0.554. The number of carbonyl (C=O) groups excluding carboxylic acids is 1. The number of carboxylic acid groups (broad SMARTS) is 1. The van der Waals surface area contributed by atoms with Gasteiger partial charge in [-0.25, -0.2) is 9.78 Å². The summed E-state index contributed by atoms with van der Waals surface area (Å²) in [5.74, 6) is -0.990. The predicted octanol–water partition coefficient (Wildman–Crippen LogP) is -2.21. The van der Waals surface area contributed by atoms with Crippen molar-refractivity contribution < 1.29 is 33.6 Å². The minimum Gasteiger partial charge on any atom is -0.520 e. The molecule has 1 amide bonds. The standard InChI is InChI=1S/C6H5NO2.C4H8NO.Li/c8-6(9)5-3-1-2-4-7-5;1-3-5(2)4-6;/h1-4H,(H,8,9);3H2,1-2H3;/q;-1;+1. The molecule has 0 aliphatic heterocycles. The molecular weight excluding hydrogens is 203 g/mol. The van der Waals surface area contributed by atoms with Crippen molar-refractivity contribution in [3.05, 3.63) is 30.1 Å². The summed E-state index contributed by atoms with van der Waals surface area (Å²) in [5, 5.41) is 8.32. The zero-order valence-electron chi connectivity index (χ0n) is 9.67. The molecule has 0 fully saturated rings. The number of aromatic carboxylic acids is 1. The van der Waals surface area contributed by atoms with Gasteiger partial charge in [0, 0.05) is 6.20 Å². The van der Waals surface area contributed by atoms with Gasteiger partial charge in [0.1, 0.15) is 5.69 Å². The van der Waals surface area contributed by atoms with Gasteiger partial charge >= 0.3 is 24.8 Å². The average molecular weight is 216 g/mol. The molecule has 0 bridgehead atoms. The van der Waals surface area contributed by atoms with E-state index in [-0.39, 0.29) is 24.6 Å². The molecule has 0 aromatic carbocycles. The van der Waals surface area contributed by atoms with E-state index in [0.717, 1.165) is 6.54 Å². The van der Waals surface area contributed by atoms with Crippen molar-refractivity contribution >= 4 is 12.4 Å². The number of nitrogens with zero attached hydrogens (tertiary/aromatic N) is 2. The Bertz CT molecular complexity index is 306. The first-order valence-corrected chi connectivity index (χ1v) is 4.35. The van der Waals surface area contributed by atoms with Crippen LogP contribution < -0.4 is 18.9 Å². The predicted molar refractivity (Wildman–Crippen MR) is 55.2 cm³/mol. The molecule has 1 rings (SSSR count). The van der Waals surface area contributed by atoms with Crippen LogP contribution in [-0.4, -0.2) is 41.0 Å². The number of aromatic nitrogens is 1. The zero-order chi connectivity index (χ0) is 11.7. The van der Waals surface area contributed by atoms with Crippen LogP contribution >= 0.6 is 0 Å². The van der Waals surface area contributed by atoms with E-state index < -0.39 is 5.97 Å². The summed E-state index contributed by atoms with van der Waals surface area (Å²) in [6.45, 7) is 2.63. The molecule has 0 spiro atoms. The van der Waals surface area contributed by atoms with Crippen molar-refractivity contribution in [2.75, 3.05) is 13.6 Å². The maximum Gasteiger partial charge on any atom is 1.00 e. The van der Waals surface area contributed by atoms with Gasteiger partial charge in [0.05, 0.1) is 0 Å². The first-order valence-electron chi connectivity index (χ1n) is 4.35. The van der Waals surface area contributed by atoms with Gasteiger partial charge in [0.2, 0.25) is 0 Å². The van der Waals surface area contributed by atoms with Crippen LogP contribution in [0.15, 0.2) is 24.4 Å². The van der Waals surface area contributed by atoms with E-state index in [4.69, 9.17) is 5.11 Å². The third-order valence-corrected chi connectivity index (χ3v) is 1.51. The summed E-state index contributed by atoms with van der Waals surface area (Å²) < 4.78 is 0. The molecule has 0 saturated carbocycles. The largest absolute Gasteiger partial charge is 1.00 e. The number of hydrogen-bond donors (Lipinski definition) is 1. The normalized spacial score (nSPS) is 7.88. The van der Waals surface area contributed by atoms with Gasteiger partial charge < -0.3 is 14.8 Å². The second-order valence-corrected chi connectivity index (χ2v) is 2.63. The van der Waals surface area contributed by atoms with E-state index in [2.05, 4.69) is 4.98 Å². The average Bonchev–Trinajstić information content (AvgIpc) is 2.30. The van der Waals surface area contributed by atoms with Crippen LogP contribution in [0, 0.1) is 0 Å². The van der Waals surface area contributed by atoms with Crippen LogP contribution in [0.5, 0.6) is 0 Å². The fraction of sp³-hybridized carbons (Fsp3) is 0.300.